The summed E-state index contributed by atoms with van der Waals surface area (Å²) in [5, 5.41) is 12.5. The first-order valence-electron chi connectivity index (χ1n) is 5.59. The molecule has 2 nitrogen and oxygen atoms in total. The van der Waals surface area contributed by atoms with Gasteiger partial charge in [-0.2, -0.15) is 0 Å². The van der Waals surface area contributed by atoms with Gasteiger partial charge in [-0.3, -0.25) is 0 Å². The zero-order valence-corrected chi connectivity index (χ0v) is 9.61. The van der Waals surface area contributed by atoms with Gasteiger partial charge in [0.2, 0.25) is 0 Å². The second kappa shape index (κ2) is 6.59. The molecule has 0 radical (unpaired) electrons. The second-order valence-corrected chi connectivity index (χ2v) is 4.30. The maximum atomic E-state index is 9.15. The minimum atomic E-state index is 0.263. The summed E-state index contributed by atoms with van der Waals surface area (Å²) in [6, 6.07) is 10.3. The molecule has 1 atom stereocenters. The highest BCUT2D eigenvalue weighted by Crippen LogP contribution is 2.08. The van der Waals surface area contributed by atoms with Crippen LogP contribution in [0.15, 0.2) is 30.3 Å². The Labute approximate surface area is 92.3 Å². The monoisotopic (exact) mass is 207 g/mol. The van der Waals surface area contributed by atoms with Crippen LogP contribution in [0.2, 0.25) is 0 Å². The third-order valence-electron chi connectivity index (χ3n) is 2.76. The molecular weight excluding hydrogens is 186 g/mol. The third kappa shape index (κ3) is 4.45. The maximum Gasteiger partial charge on any atom is 0.0473 e. The van der Waals surface area contributed by atoms with E-state index in [1.807, 2.05) is 18.2 Å². The fourth-order valence-corrected chi connectivity index (χ4v) is 1.51. The van der Waals surface area contributed by atoms with Gasteiger partial charge in [0.1, 0.15) is 0 Å². The molecule has 0 fully saturated rings. The summed E-state index contributed by atoms with van der Waals surface area (Å²) in [4.78, 5) is 0. The lowest BCUT2D eigenvalue weighted by Crippen LogP contribution is -2.28. The predicted octanol–water partition coefficient (Wildman–Crippen LogP) is 2.04. The molecule has 0 aliphatic carbocycles. The summed E-state index contributed by atoms with van der Waals surface area (Å²) in [5.41, 5.74) is 1.29. The summed E-state index contributed by atoms with van der Waals surface area (Å²) >= 11 is 0. The van der Waals surface area contributed by atoms with Crippen molar-refractivity contribution in [3.63, 3.8) is 0 Å². The molecule has 2 N–H and O–H groups in total. The van der Waals surface area contributed by atoms with E-state index in [-0.39, 0.29) is 6.61 Å². The lowest BCUT2D eigenvalue weighted by atomic mass is 9.97. The quantitative estimate of drug-likeness (QED) is 0.748. The highest BCUT2D eigenvalue weighted by atomic mass is 16.3. The first kappa shape index (κ1) is 12.2. The number of nitrogens with one attached hydrogen (secondary N) is 1. The van der Waals surface area contributed by atoms with Crippen LogP contribution >= 0.6 is 0 Å². The van der Waals surface area contributed by atoms with Crippen LogP contribution in [0.25, 0.3) is 0 Å². The smallest absolute Gasteiger partial charge is 0.0473 e. The third-order valence-corrected chi connectivity index (χ3v) is 2.76. The Morgan fingerprint density at radius 1 is 1.20 bits per heavy atom. The van der Waals surface area contributed by atoms with Crippen molar-refractivity contribution in [3.05, 3.63) is 35.9 Å². The van der Waals surface area contributed by atoms with Crippen LogP contribution in [0, 0.1) is 11.8 Å². The zero-order valence-electron chi connectivity index (χ0n) is 9.61. The average Bonchev–Trinajstić information content (AvgIpc) is 2.25. The van der Waals surface area contributed by atoms with E-state index in [0.29, 0.717) is 11.8 Å². The van der Waals surface area contributed by atoms with Gasteiger partial charge in [0.15, 0.2) is 0 Å². The number of hydrogen-bond donors (Lipinski definition) is 2. The highest BCUT2D eigenvalue weighted by Gasteiger charge is 2.10. The lowest BCUT2D eigenvalue weighted by molar-refractivity contribution is 0.186. The summed E-state index contributed by atoms with van der Waals surface area (Å²) < 4.78 is 0. The molecule has 84 valence electrons. The normalized spacial score (nSPS) is 13.1. The molecule has 0 aromatic heterocycles. The Balaban J connectivity index is 2.27. The van der Waals surface area contributed by atoms with E-state index in [2.05, 4.69) is 31.3 Å². The number of aliphatic hydroxyl groups is 1. The molecule has 1 unspecified atom stereocenters. The van der Waals surface area contributed by atoms with Crippen molar-refractivity contribution in [1.82, 2.24) is 5.32 Å². The summed E-state index contributed by atoms with van der Waals surface area (Å²) in [6.07, 6.45) is 0. The van der Waals surface area contributed by atoms with E-state index in [0.717, 1.165) is 13.1 Å². The molecule has 0 amide bonds. The van der Waals surface area contributed by atoms with E-state index in [9.17, 15) is 0 Å². The van der Waals surface area contributed by atoms with E-state index in [1.54, 1.807) is 0 Å². The van der Waals surface area contributed by atoms with Gasteiger partial charge in [0.05, 0.1) is 0 Å². The summed E-state index contributed by atoms with van der Waals surface area (Å²) in [5.74, 6) is 0.881. The Kier molecular flexibility index (Phi) is 5.37. The van der Waals surface area contributed by atoms with Crippen molar-refractivity contribution in [2.24, 2.45) is 11.8 Å². The summed E-state index contributed by atoms with van der Waals surface area (Å²) in [7, 11) is 0. The van der Waals surface area contributed by atoms with Crippen molar-refractivity contribution in [1.29, 1.82) is 0 Å². The van der Waals surface area contributed by atoms with Crippen LogP contribution < -0.4 is 5.32 Å². The fourth-order valence-electron chi connectivity index (χ4n) is 1.51. The Morgan fingerprint density at radius 2 is 1.87 bits per heavy atom. The number of benzene rings is 1. The van der Waals surface area contributed by atoms with Crippen molar-refractivity contribution >= 4 is 0 Å². The van der Waals surface area contributed by atoms with Gasteiger partial charge in [-0.25, -0.2) is 0 Å². The lowest BCUT2D eigenvalue weighted by Gasteiger charge is -2.18. The molecule has 0 saturated carbocycles. The van der Waals surface area contributed by atoms with E-state index in [4.69, 9.17) is 5.11 Å². The number of hydrogen-bond acceptors (Lipinski definition) is 2. The Morgan fingerprint density at radius 3 is 2.40 bits per heavy atom. The Hall–Kier alpha value is -0.860. The van der Waals surface area contributed by atoms with Gasteiger partial charge in [-0.05, 0) is 17.4 Å². The van der Waals surface area contributed by atoms with Crippen molar-refractivity contribution in [2.75, 3.05) is 13.2 Å². The molecule has 0 aliphatic heterocycles. The second-order valence-electron chi connectivity index (χ2n) is 4.30. The molecule has 1 aromatic rings. The molecule has 0 aliphatic rings. The molecule has 0 bridgehead atoms. The van der Waals surface area contributed by atoms with Crippen LogP contribution in [0.5, 0.6) is 0 Å². The molecule has 0 spiro atoms. The van der Waals surface area contributed by atoms with Crippen LogP contribution in [0.1, 0.15) is 19.4 Å². The largest absolute Gasteiger partial charge is 0.396 e. The van der Waals surface area contributed by atoms with Crippen LogP contribution in [-0.2, 0) is 6.54 Å². The SMILES string of the molecule is CC(C)C(CO)CNCc1ccccc1. The van der Waals surface area contributed by atoms with Crippen molar-refractivity contribution in [3.8, 4) is 0 Å². The van der Waals surface area contributed by atoms with E-state index >= 15 is 0 Å². The molecule has 0 saturated heterocycles. The van der Waals surface area contributed by atoms with Gasteiger partial charge in [0, 0.05) is 19.7 Å². The van der Waals surface area contributed by atoms with Gasteiger partial charge < -0.3 is 10.4 Å². The standard InChI is InChI=1S/C13H21NO/c1-11(2)13(10-15)9-14-8-12-6-4-3-5-7-12/h3-7,11,13-15H,8-10H2,1-2H3. The first-order valence-corrected chi connectivity index (χ1v) is 5.59. The molecule has 0 heterocycles. The summed E-state index contributed by atoms with van der Waals surface area (Å²) in [6.45, 7) is 6.31. The van der Waals surface area contributed by atoms with Gasteiger partial charge in [-0.15, -0.1) is 0 Å². The molecular formula is C13H21NO. The van der Waals surface area contributed by atoms with Crippen molar-refractivity contribution in [2.45, 2.75) is 20.4 Å². The first-order chi connectivity index (χ1) is 7.24. The average molecular weight is 207 g/mol. The number of aliphatic hydroxyl groups excluding tert-OH is 1. The van der Waals surface area contributed by atoms with Crippen LogP contribution in [0.3, 0.4) is 0 Å². The maximum absolute atomic E-state index is 9.15. The molecule has 2 heteroatoms. The highest BCUT2D eigenvalue weighted by molar-refractivity contribution is 5.14. The minimum Gasteiger partial charge on any atom is -0.396 e. The van der Waals surface area contributed by atoms with Gasteiger partial charge >= 0.3 is 0 Å². The van der Waals surface area contributed by atoms with Crippen LogP contribution in [-0.4, -0.2) is 18.3 Å². The minimum absolute atomic E-state index is 0.263. The fraction of sp³-hybridized carbons (Fsp3) is 0.538. The van der Waals surface area contributed by atoms with Crippen molar-refractivity contribution < 1.29 is 5.11 Å². The van der Waals surface area contributed by atoms with Gasteiger partial charge in [-0.1, -0.05) is 44.2 Å². The molecule has 1 aromatic carbocycles. The van der Waals surface area contributed by atoms with E-state index in [1.165, 1.54) is 5.56 Å². The van der Waals surface area contributed by atoms with E-state index < -0.39 is 0 Å². The van der Waals surface area contributed by atoms with Gasteiger partial charge in [0.25, 0.3) is 0 Å². The molecule has 15 heavy (non-hydrogen) atoms. The molecule has 1 rings (SSSR count). The zero-order chi connectivity index (χ0) is 11.1. The van der Waals surface area contributed by atoms with Crippen LogP contribution in [0.4, 0.5) is 0 Å². The number of rotatable bonds is 6. The predicted molar refractivity (Wildman–Crippen MR) is 63.6 cm³/mol. The topological polar surface area (TPSA) is 32.3 Å². The Bertz CT molecular complexity index is 258.